The van der Waals surface area contributed by atoms with Gasteiger partial charge in [-0.3, -0.25) is 4.79 Å². The van der Waals surface area contributed by atoms with Crippen molar-refractivity contribution < 1.29 is 14.6 Å². The van der Waals surface area contributed by atoms with Crippen LogP contribution in [0.5, 0.6) is 0 Å². The monoisotopic (exact) mass is 176 g/mol. The van der Waals surface area contributed by atoms with Gasteiger partial charge in [0.25, 0.3) is 0 Å². The third kappa shape index (κ3) is 7.46. The third-order valence-electron chi connectivity index (χ3n) is 1.19. The van der Waals surface area contributed by atoms with Gasteiger partial charge in [-0.1, -0.05) is 0 Å². The summed E-state index contributed by atoms with van der Waals surface area (Å²) in [6.07, 6.45) is -0.579. The highest BCUT2D eigenvalue weighted by Crippen LogP contribution is 1.82. The molecule has 0 aliphatic carbocycles. The van der Waals surface area contributed by atoms with E-state index >= 15 is 0 Å². The van der Waals surface area contributed by atoms with E-state index in [0.717, 1.165) is 0 Å². The molecule has 0 spiro atoms. The molecule has 0 bridgehead atoms. The van der Waals surface area contributed by atoms with Gasteiger partial charge in [-0.25, -0.2) is 0 Å². The average Bonchev–Trinajstić information content (AvgIpc) is 2.00. The smallest absolute Gasteiger partial charge is 0.231 e. The largest absolute Gasteiger partial charge is 0.389 e. The quantitative estimate of drug-likeness (QED) is 0.439. The standard InChI is InChI=1S/C7H16N2O3/c1-2-12-5-6(10)3-9-4-7(8)11/h6,9-10H,2-5H2,1H3,(H2,8,11). The molecule has 0 fully saturated rings. The molecular weight excluding hydrogens is 160 g/mol. The van der Waals surface area contributed by atoms with Crippen LogP contribution in [0.15, 0.2) is 0 Å². The Balaban J connectivity index is 3.19. The van der Waals surface area contributed by atoms with Gasteiger partial charge in [0.1, 0.15) is 0 Å². The van der Waals surface area contributed by atoms with Gasteiger partial charge in [0.15, 0.2) is 0 Å². The lowest BCUT2D eigenvalue weighted by Gasteiger charge is -2.10. The van der Waals surface area contributed by atoms with E-state index in [-0.39, 0.29) is 13.2 Å². The zero-order chi connectivity index (χ0) is 9.40. The topological polar surface area (TPSA) is 84.6 Å². The van der Waals surface area contributed by atoms with Crippen molar-refractivity contribution in [1.29, 1.82) is 0 Å². The van der Waals surface area contributed by atoms with Gasteiger partial charge < -0.3 is 20.9 Å². The molecule has 0 aliphatic rings. The highest BCUT2D eigenvalue weighted by Gasteiger charge is 2.03. The molecule has 5 nitrogen and oxygen atoms in total. The number of hydrogen-bond donors (Lipinski definition) is 3. The average molecular weight is 176 g/mol. The number of carbonyl (C=O) groups is 1. The Morgan fingerprint density at radius 2 is 2.42 bits per heavy atom. The van der Waals surface area contributed by atoms with Gasteiger partial charge in [0.05, 0.1) is 19.3 Å². The second-order valence-corrected chi connectivity index (χ2v) is 2.41. The van der Waals surface area contributed by atoms with Gasteiger partial charge in [-0.15, -0.1) is 0 Å². The fourth-order valence-electron chi connectivity index (χ4n) is 0.675. The van der Waals surface area contributed by atoms with Gasteiger partial charge >= 0.3 is 0 Å². The molecule has 0 heterocycles. The Hall–Kier alpha value is -0.650. The summed E-state index contributed by atoms with van der Waals surface area (Å²) in [5.74, 6) is -0.432. The molecule has 0 rings (SSSR count). The molecule has 12 heavy (non-hydrogen) atoms. The van der Waals surface area contributed by atoms with Crippen molar-refractivity contribution in [3.05, 3.63) is 0 Å². The maximum Gasteiger partial charge on any atom is 0.231 e. The van der Waals surface area contributed by atoms with Gasteiger partial charge in [0.2, 0.25) is 5.91 Å². The molecule has 4 N–H and O–H groups in total. The summed E-state index contributed by atoms with van der Waals surface area (Å²) in [6, 6.07) is 0. The minimum Gasteiger partial charge on any atom is -0.389 e. The zero-order valence-corrected chi connectivity index (χ0v) is 7.25. The summed E-state index contributed by atoms with van der Waals surface area (Å²) in [7, 11) is 0. The minimum atomic E-state index is -0.579. The van der Waals surface area contributed by atoms with Crippen LogP contribution in [-0.4, -0.2) is 43.4 Å². The van der Waals surface area contributed by atoms with E-state index in [1.807, 2.05) is 6.92 Å². The van der Waals surface area contributed by atoms with Crippen LogP contribution in [0.2, 0.25) is 0 Å². The lowest BCUT2D eigenvalue weighted by atomic mass is 10.4. The molecule has 0 aromatic heterocycles. The molecule has 0 saturated heterocycles. The van der Waals surface area contributed by atoms with E-state index in [0.29, 0.717) is 13.2 Å². The van der Waals surface area contributed by atoms with Crippen LogP contribution in [-0.2, 0) is 9.53 Å². The molecule has 1 unspecified atom stereocenters. The number of primary amides is 1. The predicted octanol–water partition coefficient (Wildman–Crippen LogP) is -1.54. The van der Waals surface area contributed by atoms with Crippen LogP contribution in [0, 0.1) is 0 Å². The Kier molecular flexibility index (Phi) is 6.64. The molecule has 0 aromatic carbocycles. The first-order valence-corrected chi connectivity index (χ1v) is 3.91. The first kappa shape index (κ1) is 11.4. The number of hydrogen-bond acceptors (Lipinski definition) is 4. The van der Waals surface area contributed by atoms with Gasteiger partial charge in [-0.2, -0.15) is 0 Å². The maximum absolute atomic E-state index is 10.2. The summed E-state index contributed by atoms with van der Waals surface area (Å²) in [4.78, 5) is 10.2. The Morgan fingerprint density at radius 3 is 2.92 bits per heavy atom. The number of ether oxygens (including phenoxy) is 1. The summed E-state index contributed by atoms with van der Waals surface area (Å²) in [5, 5.41) is 11.8. The minimum absolute atomic E-state index is 0.0865. The maximum atomic E-state index is 10.2. The van der Waals surface area contributed by atoms with E-state index in [2.05, 4.69) is 5.32 Å². The molecular formula is C7H16N2O3. The van der Waals surface area contributed by atoms with Crippen LogP contribution in [0.4, 0.5) is 0 Å². The first-order valence-electron chi connectivity index (χ1n) is 3.91. The summed E-state index contributed by atoms with van der Waals surface area (Å²) >= 11 is 0. The van der Waals surface area contributed by atoms with Crippen molar-refractivity contribution in [2.45, 2.75) is 13.0 Å². The molecule has 1 amide bonds. The number of aliphatic hydroxyl groups is 1. The van der Waals surface area contributed by atoms with Crippen molar-refractivity contribution >= 4 is 5.91 Å². The summed E-state index contributed by atoms with van der Waals surface area (Å²) in [6.45, 7) is 3.12. The molecule has 0 aromatic rings. The van der Waals surface area contributed by atoms with Crippen molar-refractivity contribution in [3.63, 3.8) is 0 Å². The van der Waals surface area contributed by atoms with E-state index in [1.54, 1.807) is 0 Å². The second kappa shape index (κ2) is 7.02. The number of aliphatic hydroxyl groups excluding tert-OH is 1. The van der Waals surface area contributed by atoms with Crippen molar-refractivity contribution in [1.82, 2.24) is 5.32 Å². The molecule has 1 atom stereocenters. The number of carbonyl (C=O) groups excluding carboxylic acids is 1. The fraction of sp³-hybridized carbons (Fsp3) is 0.857. The molecule has 0 radical (unpaired) electrons. The zero-order valence-electron chi connectivity index (χ0n) is 7.25. The van der Waals surface area contributed by atoms with E-state index in [1.165, 1.54) is 0 Å². The Labute approximate surface area is 71.9 Å². The first-order chi connectivity index (χ1) is 5.66. The summed E-state index contributed by atoms with van der Waals surface area (Å²) in [5.41, 5.74) is 4.86. The number of nitrogens with one attached hydrogen (secondary N) is 1. The normalized spacial score (nSPS) is 12.8. The third-order valence-corrected chi connectivity index (χ3v) is 1.19. The highest BCUT2D eigenvalue weighted by atomic mass is 16.5. The number of nitrogens with two attached hydrogens (primary N) is 1. The fourth-order valence-corrected chi connectivity index (χ4v) is 0.675. The van der Waals surface area contributed by atoms with E-state index < -0.39 is 12.0 Å². The lowest BCUT2D eigenvalue weighted by molar-refractivity contribution is -0.117. The number of rotatable bonds is 7. The predicted molar refractivity (Wildman–Crippen MR) is 44.6 cm³/mol. The van der Waals surface area contributed by atoms with E-state index in [9.17, 15) is 4.79 Å². The molecule has 72 valence electrons. The van der Waals surface area contributed by atoms with Crippen molar-refractivity contribution in [3.8, 4) is 0 Å². The van der Waals surface area contributed by atoms with Crippen LogP contribution in [0.1, 0.15) is 6.92 Å². The van der Waals surface area contributed by atoms with Crippen LogP contribution < -0.4 is 11.1 Å². The second-order valence-electron chi connectivity index (χ2n) is 2.41. The van der Waals surface area contributed by atoms with Crippen LogP contribution >= 0.6 is 0 Å². The Morgan fingerprint density at radius 1 is 1.75 bits per heavy atom. The summed E-state index contributed by atoms with van der Waals surface area (Å²) < 4.78 is 4.95. The van der Waals surface area contributed by atoms with Crippen LogP contribution in [0.3, 0.4) is 0 Å². The molecule has 0 saturated carbocycles. The Bertz CT molecular complexity index is 130. The van der Waals surface area contributed by atoms with Crippen LogP contribution in [0.25, 0.3) is 0 Å². The lowest BCUT2D eigenvalue weighted by Crippen LogP contribution is -2.36. The van der Waals surface area contributed by atoms with Gasteiger partial charge in [-0.05, 0) is 6.92 Å². The van der Waals surface area contributed by atoms with Gasteiger partial charge in [0, 0.05) is 13.2 Å². The van der Waals surface area contributed by atoms with E-state index in [4.69, 9.17) is 15.6 Å². The van der Waals surface area contributed by atoms with Crippen molar-refractivity contribution in [2.24, 2.45) is 5.73 Å². The highest BCUT2D eigenvalue weighted by molar-refractivity contribution is 5.75. The number of amides is 1. The van der Waals surface area contributed by atoms with Crippen molar-refractivity contribution in [2.75, 3.05) is 26.3 Å². The SMILES string of the molecule is CCOCC(O)CNCC(N)=O. The molecule has 5 heteroatoms. The molecule has 0 aliphatic heterocycles.